The van der Waals surface area contributed by atoms with E-state index in [1.165, 1.54) is 12.4 Å². The van der Waals surface area contributed by atoms with Crippen LogP contribution in [0.15, 0.2) is 23.3 Å². The van der Waals surface area contributed by atoms with Crippen LogP contribution >= 0.6 is 11.6 Å². The molecule has 8 heteroatoms. The molecule has 0 bridgehead atoms. The second-order valence-electron chi connectivity index (χ2n) is 8.24. The van der Waals surface area contributed by atoms with Crippen LogP contribution in [-0.2, 0) is 6.54 Å². The lowest BCUT2D eigenvalue weighted by atomic mass is 9.93. The number of aromatic carboxylic acids is 1. The van der Waals surface area contributed by atoms with E-state index in [-0.39, 0.29) is 32.3 Å². The molecule has 0 saturated carbocycles. The Balaban J connectivity index is 2.11. The van der Waals surface area contributed by atoms with Crippen LogP contribution in [0.25, 0.3) is 21.8 Å². The second-order valence-corrected chi connectivity index (χ2v) is 8.62. The van der Waals surface area contributed by atoms with E-state index >= 15 is 4.39 Å². The zero-order valence-electron chi connectivity index (χ0n) is 16.4. The van der Waals surface area contributed by atoms with Crippen molar-refractivity contribution in [2.24, 2.45) is 5.41 Å². The zero-order chi connectivity index (χ0) is 21.1. The van der Waals surface area contributed by atoms with Gasteiger partial charge in [-0.3, -0.25) is 9.78 Å². The van der Waals surface area contributed by atoms with Crippen molar-refractivity contribution in [3.05, 3.63) is 45.1 Å². The molecule has 29 heavy (non-hydrogen) atoms. The molecule has 0 aliphatic carbocycles. The highest BCUT2D eigenvalue weighted by Crippen LogP contribution is 2.40. The average Bonchev–Trinajstić information content (AvgIpc) is 3.03. The first-order valence-corrected chi connectivity index (χ1v) is 9.84. The molecule has 1 aliphatic rings. The van der Waals surface area contributed by atoms with Crippen LogP contribution in [0.3, 0.4) is 0 Å². The smallest absolute Gasteiger partial charge is 0.341 e. The third-order valence-corrected chi connectivity index (χ3v) is 6.02. The Morgan fingerprint density at radius 2 is 2.14 bits per heavy atom. The number of anilines is 1. The molecule has 0 spiro atoms. The Labute approximate surface area is 171 Å². The van der Waals surface area contributed by atoms with Crippen LogP contribution in [0.1, 0.15) is 37.6 Å². The van der Waals surface area contributed by atoms with Gasteiger partial charge >= 0.3 is 5.97 Å². The molecule has 1 aliphatic heterocycles. The van der Waals surface area contributed by atoms with Crippen molar-refractivity contribution in [2.45, 2.75) is 33.7 Å². The van der Waals surface area contributed by atoms with E-state index in [0.717, 1.165) is 13.0 Å². The predicted molar refractivity (Wildman–Crippen MR) is 112 cm³/mol. The maximum Gasteiger partial charge on any atom is 0.341 e. The van der Waals surface area contributed by atoms with Gasteiger partial charge in [-0.2, -0.15) is 0 Å². The number of carboxylic acids is 1. The van der Waals surface area contributed by atoms with Crippen LogP contribution in [0.5, 0.6) is 0 Å². The number of halogens is 2. The third kappa shape index (κ3) is 3.04. The van der Waals surface area contributed by atoms with E-state index in [0.29, 0.717) is 24.3 Å². The van der Waals surface area contributed by atoms with Gasteiger partial charge in [-0.25, -0.2) is 9.18 Å². The van der Waals surface area contributed by atoms with Crippen molar-refractivity contribution < 1.29 is 14.3 Å². The van der Waals surface area contributed by atoms with Crippen molar-refractivity contribution in [3.63, 3.8) is 0 Å². The summed E-state index contributed by atoms with van der Waals surface area (Å²) in [5, 5.41) is 9.86. The average molecular weight is 418 g/mol. The number of hydrogen-bond donors (Lipinski definition) is 1. The number of carboxylic acid groups (broad SMARTS) is 1. The summed E-state index contributed by atoms with van der Waals surface area (Å²) in [7, 11) is 0. The number of carbonyl (C=O) groups is 1. The summed E-state index contributed by atoms with van der Waals surface area (Å²) in [4.78, 5) is 30.8. The molecule has 1 aromatic carbocycles. The van der Waals surface area contributed by atoms with Gasteiger partial charge in [-0.1, -0.05) is 25.4 Å². The maximum absolute atomic E-state index is 15.2. The topological polar surface area (TPSA) is 75.4 Å². The van der Waals surface area contributed by atoms with Crippen molar-refractivity contribution in [1.29, 1.82) is 0 Å². The first-order valence-electron chi connectivity index (χ1n) is 9.46. The minimum absolute atomic E-state index is 0.0349. The van der Waals surface area contributed by atoms with Crippen molar-refractivity contribution in [3.8, 4) is 0 Å². The largest absolute Gasteiger partial charge is 0.477 e. The Morgan fingerprint density at radius 1 is 1.41 bits per heavy atom. The standard InChI is InChI=1S/C21H21ClFN3O3/c1-4-25-9-12(20(28)29)19(27)15-11-7-13(26-6-5-21(2,3)10-26)16(22)17(23)18(11)24-8-14(15)25/h7-9H,4-6,10H2,1-3H3,(H,28,29). The van der Waals surface area contributed by atoms with E-state index < -0.39 is 17.2 Å². The van der Waals surface area contributed by atoms with E-state index in [1.807, 2.05) is 11.8 Å². The molecule has 6 nitrogen and oxygen atoms in total. The number of aromatic nitrogens is 2. The molecule has 4 rings (SSSR count). The number of hydrogen-bond acceptors (Lipinski definition) is 4. The third-order valence-electron chi connectivity index (χ3n) is 5.66. The molecule has 152 valence electrons. The molecule has 3 heterocycles. The lowest BCUT2D eigenvalue weighted by Gasteiger charge is -2.23. The van der Waals surface area contributed by atoms with Gasteiger partial charge in [0.2, 0.25) is 5.43 Å². The van der Waals surface area contributed by atoms with Crippen molar-refractivity contribution in [2.75, 3.05) is 18.0 Å². The summed E-state index contributed by atoms with van der Waals surface area (Å²) in [5.41, 5.74) is -0.0156. The van der Waals surface area contributed by atoms with Crippen LogP contribution in [0.2, 0.25) is 5.02 Å². The van der Waals surface area contributed by atoms with E-state index in [9.17, 15) is 14.7 Å². The molecule has 1 fully saturated rings. The molecule has 2 aromatic heterocycles. The van der Waals surface area contributed by atoms with Crippen LogP contribution in [0.4, 0.5) is 10.1 Å². The fourth-order valence-corrected chi connectivity index (χ4v) is 4.35. The van der Waals surface area contributed by atoms with Gasteiger partial charge in [0.15, 0.2) is 5.82 Å². The van der Waals surface area contributed by atoms with Gasteiger partial charge in [0.05, 0.1) is 22.8 Å². The normalized spacial score (nSPS) is 16.1. The monoisotopic (exact) mass is 417 g/mol. The first-order chi connectivity index (χ1) is 13.6. The quantitative estimate of drug-likeness (QED) is 0.643. The Bertz CT molecular complexity index is 1240. The van der Waals surface area contributed by atoms with Gasteiger partial charge in [-0.05, 0) is 24.8 Å². The van der Waals surface area contributed by atoms with Crippen LogP contribution in [-0.4, -0.2) is 33.7 Å². The SMILES string of the molecule is CCn1cc(C(=O)O)c(=O)c2c3cc(N4CCC(C)(C)C4)c(Cl)c(F)c3ncc21. The molecule has 0 atom stereocenters. The van der Waals surface area contributed by atoms with E-state index in [4.69, 9.17) is 11.6 Å². The summed E-state index contributed by atoms with van der Waals surface area (Å²) < 4.78 is 16.8. The molecular formula is C21H21ClFN3O3. The highest BCUT2D eigenvalue weighted by molar-refractivity contribution is 6.34. The molecule has 0 radical (unpaired) electrons. The van der Waals surface area contributed by atoms with E-state index in [1.54, 1.807) is 10.6 Å². The summed E-state index contributed by atoms with van der Waals surface area (Å²) in [6.07, 6.45) is 3.63. The number of nitrogens with zero attached hydrogens (tertiary/aromatic N) is 3. The molecule has 1 saturated heterocycles. The molecule has 3 aromatic rings. The first kappa shape index (κ1) is 19.6. The molecular weight excluding hydrogens is 397 g/mol. The summed E-state index contributed by atoms with van der Waals surface area (Å²) >= 11 is 6.34. The van der Waals surface area contributed by atoms with Crippen molar-refractivity contribution >= 4 is 45.1 Å². The summed E-state index contributed by atoms with van der Waals surface area (Å²) in [6, 6.07) is 1.67. The number of pyridine rings is 2. The van der Waals surface area contributed by atoms with Crippen molar-refractivity contribution in [1.82, 2.24) is 9.55 Å². The fourth-order valence-electron chi connectivity index (χ4n) is 4.09. The Kier molecular flexibility index (Phi) is 4.53. The van der Waals surface area contributed by atoms with Crippen LogP contribution < -0.4 is 10.3 Å². The van der Waals surface area contributed by atoms with E-state index in [2.05, 4.69) is 18.8 Å². The molecule has 0 amide bonds. The number of benzene rings is 1. The van der Waals surface area contributed by atoms with Gasteiger partial charge in [-0.15, -0.1) is 0 Å². The highest BCUT2D eigenvalue weighted by Gasteiger charge is 2.32. The summed E-state index contributed by atoms with van der Waals surface area (Å²) in [6.45, 7) is 7.96. The maximum atomic E-state index is 15.2. The zero-order valence-corrected chi connectivity index (χ0v) is 17.2. The fraction of sp³-hybridized carbons (Fsp3) is 0.381. The van der Waals surface area contributed by atoms with Gasteiger partial charge < -0.3 is 14.6 Å². The molecule has 1 N–H and O–H groups in total. The minimum atomic E-state index is -1.32. The Morgan fingerprint density at radius 3 is 2.72 bits per heavy atom. The lowest BCUT2D eigenvalue weighted by molar-refractivity contribution is 0.0695. The number of rotatable bonds is 3. The summed E-state index contributed by atoms with van der Waals surface area (Å²) in [5.74, 6) is -2.02. The van der Waals surface area contributed by atoms with Gasteiger partial charge in [0, 0.05) is 31.2 Å². The molecule has 0 unspecified atom stereocenters. The minimum Gasteiger partial charge on any atom is -0.477 e. The van der Waals surface area contributed by atoms with Gasteiger partial charge in [0.1, 0.15) is 16.1 Å². The van der Waals surface area contributed by atoms with Crippen LogP contribution in [0, 0.1) is 11.2 Å². The number of aryl methyl sites for hydroxylation is 1. The number of fused-ring (bicyclic) bond motifs is 3. The van der Waals surface area contributed by atoms with Gasteiger partial charge in [0.25, 0.3) is 0 Å². The Hall–Kier alpha value is -2.67. The highest BCUT2D eigenvalue weighted by atomic mass is 35.5. The lowest BCUT2D eigenvalue weighted by Crippen LogP contribution is -2.23. The second kappa shape index (κ2) is 6.69. The predicted octanol–water partition coefficient (Wildman–Crippen LogP) is 4.30.